The molecule has 1 heterocycles. The Morgan fingerprint density at radius 1 is 1.46 bits per heavy atom. The Morgan fingerprint density at radius 2 is 2.23 bits per heavy atom. The second kappa shape index (κ2) is 3.04. The molecule has 2 nitrogen and oxygen atoms in total. The Morgan fingerprint density at radius 3 is 3.00 bits per heavy atom. The number of hydrogen-bond donors (Lipinski definition) is 1. The summed E-state index contributed by atoms with van der Waals surface area (Å²) >= 11 is 5.87. The van der Waals surface area contributed by atoms with Crippen LogP contribution >= 0.6 is 11.6 Å². The van der Waals surface area contributed by atoms with Gasteiger partial charge in [0.05, 0.1) is 0 Å². The van der Waals surface area contributed by atoms with Gasteiger partial charge < -0.3 is 5.32 Å². The Kier molecular flexibility index (Phi) is 2.00. The van der Waals surface area contributed by atoms with Gasteiger partial charge >= 0.3 is 0 Å². The number of rotatable bonds is 0. The Balaban J connectivity index is 2.63. The number of anilines is 1. The maximum absolute atomic E-state index is 11.5. The van der Waals surface area contributed by atoms with Gasteiger partial charge in [-0.2, -0.15) is 0 Å². The van der Waals surface area contributed by atoms with Crippen molar-refractivity contribution in [2.45, 2.75) is 13.3 Å². The smallest absolute Gasteiger partial charge is 0.166 e. The van der Waals surface area contributed by atoms with Crippen LogP contribution in [0.25, 0.3) is 0 Å². The minimum atomic E-state index is 0.180. The summed E-state index contributed by atoms with van der Waals surface area (Å²) in [6, 6.07) is 3.60. The molecule has 0 unspecified atom stereocenters. The number of benzene rings is 1. The molecule has 1 aliphatic rings. The average Bonchev–Trinajstić information content (AvgIpc) is 2.07. The van der Waals surface area contributed by atoms with Crippen LogP contribution in [0.15, 0.2) is 12.1 Å². The number of hydrogen-bond acceptors (Lipinski definition) is 2. The highest BCUT2D eigenvalue weighted by atomic mass is 35.5. The number of nitrogens with one attached hydrogen (secondary N) is 1. The van der Waals surface area contributed by atoms with Crippen molar-refractivity contribution in [2.75, 3.05) is 11.9 Å². The van der Waals surface area contributed by atoms with Gasteiger partial charge in [-0.25, -0.2) is 0 Å². The molecule has 0 bridgehead atoms. The summed E-state index contributed by atoms with van der Waals surface area (Å²) in [5, 5.41) is 3.84. The van der Waals surface area contributed by atoms with E-state index < -0.39 is 0 Å². The van der Waals surface area contributed by atoms with Gasteiger partial charge in [-0.1, -0.05) is 11.6 Å². The molecule has 0 radical (unpaired) electrons. The van der Waals surface area contributed by atoms with Crippen LogP contribution in [0.3, 0.4) is 0 Å². The molecule has 0 amide bonds. The van der Waals surface area contributed by atoms with Crippen LogP contribution in [-0.2, 0) is 0 Å². The van der Waals surface area contributed by atoms with E-state index in [0.717, 1.165) is 23.4 Å². The second-order valence-electron chi connectivity index (χ2n) is 3.25. The third kappa shape index (κ3) is 1.42. The molecular formula is C10H10ClNO. The van der Waals surface area contributed by atoms with Crippen LogP contribution in [0.5, 0.6) is 0 Å². The summed E-state index contributed by atoms with van der Waals surface area (Å²) in [6.45, 7) is 2.69. The lowest BCUT2D eigenvalue weighted by Gasteiger charge is -2.19. The van der Waals surface area contributed by atoms with E-state index in [1.54, 1.807) is 6.07 Å². The molecule has 1 aromatic rings. The maximum Gasteiger partial charge on any atom is 0.166 e. The Hall–Kier alpha value is -1.02. The van der Waals surface area contributed by atoms with Crippen LogP contribution in [0, 0.1) is 6.92 Å². The van der Waals surface area contributed by atoms with E-state index in [-0.39, 0.29) is 5.78 Å². The number of carbonyl (C=O) groups is 1. The molecule has 0 aliphatic carbocycles. The van der Waals surface area contributed by atoms with Crippen molar-refractivity contribution in [1.82, 2.24) is 0 Å². The molecule has 1 aromatic carbocycles. The van der Waals surface area contributed by atoms with E-state index >= 15 is 0 Å². The Bertz CT molecular complexity index is 373. The molecule has 0 atom stereocenters. The van der Waals surface area contributed by atoms with Crippen molar-refractivity contribution in [3.8, 4) is 0 Å². The number of carbonyl (C=O) groups excluding carboxylic acids is 1. The fourth-order valence-electron chi connectivity index (χ4n) is 1.63. The first kappa shape index (κ1) is 8.57. The molecule has 0 saturated heterocycles. The first-order chi connectivity index (χ1) is 6.18. The molecule has 2 rings (SSSR count). The summed E-state index contributed by atoms with van der Waals surface area (Å²) in [6.07, 6.45) is 0.562. The van der Waals surface area contributed by atoms with Crippen molar-refractivity contribution in [2.24, 2.45) is 0 Å². The molecule has 3 heteroatoms. The number of ketones is 1. The monoisotopic (exact) mass is 195 g/mol. The van der Waals surface area contributed by atoms with Crippen molar-refractivity contribution < 1.29 is 4.79 Å². The normalized spacial score (nSPS) is 15.1. The van der Waals surface area contributed by atoms with Crippen LogP contribution in [0.2, 0.25) is 5.02 Å². The van der Waals surface area contributed by atoms with E-state index in [1.165, 1.54) is 0 Å². The van der Waals surface area contributed by atoms with Gasteiger partial charge in [-0.15, -0.1) is 0 Å². The van der Waals surface area contributed by atoms with Crippen molar-refractivity contribution in [3.63, 3.8) is 0 Å². The van der Waals surface area contributed by atoms with Crippen molar-refractivity contribution in [1.29, 1.82) is 0 Å². The first-order valence-corrected chi connectivity index (χ1v) is 4.63. The predicted octanol–water partition coefficient (Wildman–Crippen LogP) is 2.65. The minimum Gasteiger partial charge on any atom is -0.384 e. The van der Waals surface area contributed by atoms with Crippen molar-refractivity contribution >= 4 is 23.1 Å². The molecule has 1 N–H and O–H groups in total. The lowest BCUT2D eigenvalue weighted by atomic mass is 9.99. The topological polar surface area (TPSA) is 29.1 Å². The maximum atomic E-state index is 11.5. The van der Waals surface area contributed by atoms with Gasteiger partial charge in [0.1, 0.15) is 0 Å². The zero-order valence-corrected chi connectivity index (χ0v) is 8.11. The lowest BCUT2D eigenvalue weighted by molar-refractivity contribution is 0.0983. The fraction of sp³-hybridized carbons (Fsp3) is 0.300. The number of fused-ring (bicyclic) bond motifs is 1. The molecule has 0 saturated carbocycles. The number of Topliss-reactive ketones (excluding diaryl/α,β-unsaturated/α-hetero) is 1. The zero-order valence-electron chi connectivity index (χ0n) is 7.36. The summed E-state index contributed by atoms with van der Waals surface area (Å²) < 4.78 is 0. The largest absolute Gasteiger partial charge is 0.384 e. The van der Waals surface area contributed by atoms with Crippen LogP contribution in [0.1, 0.15) is 22.3 Å². The molecule has 1 aliphatic heterocycles. The predicted molar refractivity (Wildman–Crippen MR) is 53.6 cm³/mol. The molecular weight excluding hydrogens is 186 g/mol. The fourth-order valence-corrected chi connectivity index (χ4v) is 1.91. The van der Waals surface area contributed by atoms with E-state index in [0.29, 0.717) is 11.4 Å². The van der Waals surface area contributed by atoms with E-state index in [1.807, 2.05) is 13.0 Å². The third-order valence-corrected chi connectivity index (χ3v) is 2.47. The molecule has 0 spiro atoms. The summed E-state index contributed by atoms with van der Waals surface area (Å²) in [7, 11) is 0. The molecule has 0 aromatic heterocycles. The number of halogens is 1. The van der Waals surface area contributed by atoms with Crippen LogP contribution in [-0.4, -0.2) is 12.3 Å². The zero-order chi connectivity index (χ0) is 9.42. The average molecular weight is 196 g/mol. The minimum absolute atomic E-state index is 0.180. The van der Waals surface area contributed by atoms with E-state index in [2.05, 4.69) is 5.32 Å². The van der Waals surface area contributed by atoms with E-state index in [4.69, 9.17) is 11.6 Å². The van der Waals surface area contributed by atoms with Gasteiger partial charge in [-0.05, 0) is 24.6 Å². The molecule has 68 valence electrons. The summed E-state index contributed by atoms with van der Waals surface area (Å²) in [4.78, 5) is 11.5. The van der Waals surface area contributed by atoms with Crippen LogP contribution < -0.4 is 5.32 Å². The van der Waals surface area contributed by atoms with Crippen LogP contribution in [0.4, 0.5) is 5.69 Å². The second-order valence-corrected chi connectivity index (χ2v) is 3.68. The van der Waals surface area contributed by atoms with Gasteiger partial charge in [0, 0.05) is 29.2 Å². The van der Waals surface area contributed by atoms with Gasteiger partial charge in [0.15, 0.2) is 5.78 Å². The third-order valence-electron chi connectivity index (χ3n) is 2.25. The van der Waals surface area contributed by atoms with Crippen molar-refractivity contribution in [3.05, 3.63) is 28.3 Å². The highest BCUT2D eigenvalue weighted by molar-refractivity contribution is 6.31. The summed E-state index contributed by atoms with van der Waals surface area (Å²) in [5.74, 6) is 0.180. The van der Waals surface area contributed by atoms with E-state index in [9.17, 15) is 4.79 Å². The first-order valence-electron chi connectivity index (χ1n) is 4.25. The lowest BCUT2D eigenvalue weighted by Crippen LogP contribution is -2.18. The molecule has 0 fully saturated rings. The van der Waals surface area contributed by atoms with Gasteiger partial charge in [-0.3, -0.25) is 4.79 Å². The summed E-state index contributed by atoms with van der Waals surface area (Å²) in [5.41, 5.74) is 2.72. The highest BCUT2D eigenvalue weighted by Crippen LogP contribution is 2.28. The SMILES string of the molecule is Cc1cc(Cl)cc2c1NCCC2=O. The quantitative estimate of drug-likeness (QED) is 0.690. The Labute approximate surface area is 81.9 Å². The van der Waals surface area contributed by atoms with Gasteiger partial charge in [0.25, 0.3) is 0 Å². The highest BCUT2D eigenvalue weighted by Gasteiger charge is 2.18. The standard InChI is InChI=1S/C10H10ClNO/c1-6-4-7(11)5-8-9(13)2-3-12-10(6)8/h4-5,12H,2-3H2,1H3. The van der Waals surface area contributed by atoms with Gasteiger partial charge in [0.2, 0.25) is 0 Å². The number of aryl methyl sites for hydroxylation is 1. The molecule has 13 heavy (non-hydrogen) atoms.